The summed E-state index contributed by atoms with van der Waals surface area (Å²) in [4.78, 5) is 11.3. The van der Waals surface area contributed by atoms with Crippen LogP contribution in [0, 0.1) is 11.3 Å². The van der Waals surface area contributed by atoms with Gasteiger partial charge in [-0.3, -0.25) is 9.97 Å². The maximum Gasteiger partial charge on any atom is 0.119 e. The van der Waals surface area contributed by atoms with E-state index in [1.807, 2.05) is 30.3 Å². The normalized spacial score (nSPS) is 15.1. The van der Waals surface area contributed by atoms with Gasteiger partial charge >= 0.3 is 0 Å². The zero-order valence-corrected chi connectivity index (χ0v) is 17.8. The number of ether oxygens (including phenoxy) is 1. The summed E-state index contributed by atoms with van der Waals surface area (Å²) in [5, 5.41) is 14.2. The molecule has 0 spiro atoms. The summed E-state index contributed by atoms with van der Waals surface area (Å²) in [6.07, 6.45) is 6.45. The zero-order chi connectivity index (χ0) is 21.6. The highest BCUT2D eigenvalue weighted by Gasteiger charge is 2.20. The van der Waals surface area contributed by atoms with E-state index >= 15 is 0 Å². The zero-order valence-electron chi connectivity index (χ0n) is 17.8. The predicted molar refractivity (Wildman–Crippen MR) is 122 cm³/mol. The fraction of sp³-hybridized carbons (Fsp3) is 0.375. The molecule has 0 saturated carbocycles. The first-order valence-corrected chi connectivity index (χ1v) is 10.7. The standard InChI is InChI=1S/C24H28N6O/c1-31-21-2-3-24-23(13-21)22(17(14-25)15-29-24)7-11-30-9-5-19(6-10-30)28-16-20-12-18(26)4-8-27-20/h2-4,8,12-13,15,19,28H,5-7,9-11,16H2,1H3,(H2,26,27). The number of hydrogen-bond acceptors (Lipinski definition) is 7. The Bertz CT molecular complexity index is 1090. The summed E-state index contributed by atoms with van der Waals surface area (Å²) in [7, 11) is 1.66. The Morgan fingerprint density at radius 2 is 2.06 bits per heavy atom. The number of nitrogens with zero attached hydrogens (tertiary/aromatic N) is 4. The lowest BCUT2D eigenvalue weighted by molar-refractivity contribution is 0.199. The third-order valence-corrected chi connectivity index (χ3v) is 5.99. The third kappa shape index (κ3) is 5.10. The van der Waals surface area contributed by atoms with Crippen molar-refractivity contribution in [3.8, 4) is 11.8 Å². The number of pyridine rings is 2. The monoisotopic (exact) mass is 416 g/mol. The molecule has 7 heteroatoms. The first kappa shape index (κ1) is 21.0. The van der Waals surface area contributed by atoms with Gasteiger partial charge in [0.05, 0.1) is 23.9 Å². The molecular weight excluding hydrogens is 388 g/mol. The first-order valence-electron chi connectivity index (χ1n) is 10.7. The SMILES string of the molecule is COc1ccc2ncc(C#N)c(CCN3CCC(NCc4cc(N)ccn4)CC3)c2c1. The lowest BCUT2D eigenvalue weighted by Crippen LogP contribution is -2.43. The van der Waals surface area contributed by atoms with Crippen molar-refractivity contribution in [1.29, 1.82) is 5.26 Å². The van der Waals surface area contributed by atoms with Crippen molar-refractivity contribution in [2.45, 2.75) is 31.8 Å². The minimum absolute atomic E-state index is 0.486. The maximum absolute atomic E-state index is 9.59. The summed E-state index contributed by atoms with van der Waals surface area (Å²) in [5.74, 6) is 0.784. The minimum Gasteiger partial charge on any atom is -0.497 e. The number of rotatable bonds is 7. The van der Waals surface area contributed by atoms with Gasteiger partial charge in [0, 0.05) is 42.6 Å². The Morgan fingerprint density at radius 3 is 2.81 bits per heavy atom. The van der Waals surface area contributed by atoms with Crippen molar-refractivity contribution in [2.75, 3.05) is 32.5 Å². The molecule has 1 aliphatic heterocycles. The molecule has 1 aromatic carbocycles. The van der Waals surface area contributed by atoms with E-state index < -0.39 is 0 Å². The van der Waals surface area contributed by atoms with Crippen LogP contribution >= 0.6 is 0 Å². The van der Waals surface area contributed by atoms with Gasteiger partial charge in [0.25, 0.3) is 0 Å². The molecule has 0 atom stereocenters. The Morgan fingerprint density at radius 1 is 1.23 bits per heavy atom. The molecule has 4 rings (SSSR count). The molecule has 160 valence electrons. The largest absolute Gasteiger partial charge is 0.497 e. The summed E-state index contributed by atoms with van der Waals surface area (Å²) >= 11 is 0. The molecule has 0 unspecified atom stereocenters. The Labute approximate surface area is 182 Å². The van der Waals surface area contributed by atoms with Gasteiger partial charge < -0.3 is 20.7 Å². The summed E-state index contributed by atoms with van der Waals surface area (Å²) in [6.45, 7) is 3.74. The molecule has 1 saturated heterocycles. The van der Waals surface area contributed by atoms with Crippen LogP contribution in [0.2, 0.25) is 0 Å². The average Bonchev–Trinajstić information content (AvgIpc) is 2.81. The van der Waals surface area contributed by atoms with E-state index in [4.69, 9.17) is 10.5 Å². The smallest absolute Gasteiger partial charge is 0.119 e. The third-order valence-electron chi connectivity index (χ3n) is 5.99. The quantitative estimate of drug-likeness (QED) is 0.611. The highest BCUT2D eigenvalue weighted by Crippen LogP contribution is 2.26. The van der Waals surface area contributed by atoms with Crippen molar-refractivity contribution in [1.82, 2.24) is 20.2 Å². The molecule has 31 heavy (non-hydrogen) atoms. The topological polar surface area (TPSA) is 100 Å². The Balaban J connectivity index is 1.34. The minimum atomic E-state index is 0.486. The molecule has 0 aliphatic carbocycles. The highest BCUT2D eigenvalue weighted by molar-refractivity contribution is 5.85. The van der Waals surface area contributed by atoms with Gasteiger partial charge in [-0.1, -0.05) is 0 Å². The van der Waals surface area contributed by atoms with E-state index in [-0.39, 0.29) is 0 Å². The Kier molecular flexibility index (Phi) is 6.60. The van der Waals surface area contributed by atoms with E-state index in [0.717, 1.165) is 79.0 Å². The molecular formula is C24H28N6O. The number of benzene rings is 1. The number of piperidine rings is 1. The number of nitrogen functional groups attached to an aromatic ring is 1. The van der Waals surface area contributed by atoms with Crippen molar-refractivity contribution >= 4 is 16.6 Å². The molecule has 1 fully saturated rings. The van der Waals surface area contributed by atoms with E-state index in [9.17, 15) is 5.26 Å². The second-order valence-electron chi connectivity index (χ2n) is 7.97. The lowest BCUT2D eigenvalue weighted by Gasteiger charge is -2.32. The fourth-order valence-electron chi connectivity index (χ4n) is 4.19. The molecule has 0 radical (unpaired) electrons. The van der Waals surface area contributed by atoms with Crippen molar-refractivity contribution in [3.63, 3.8) is 0 Å². The van der Waals surface area contributed by atoms with Gasteiger partial charge in [-0.15, -0.1) is 0 Å². The van der Waals surface area contributed by atoms with Crippen LogP contribution < -0.4 is 15.8 Å². The van der Waals surface area contributed by atoms with Crippen molar-refractivity contribution < 1.29 is 4.74 Å². The summed E-state index contributed by atoms with van der Waals surface area (Å²) < 4.78 is 5.38. The van der Waals surface area contributed by atoms with Crippen LogP contribution in [0.1, 0.15) is 29.7 Å². The van der Waals surface area contributed by atoms with E-state index in [0.29, 0.717) is 11.6 Å². The number of methoxy groups -OCH3 is 1. The van der Waals surface area contributed by atoms with Crippen LogP contribution in [-0.4, -0.2) is 47.7 Å². The number of nitriles is 1. The van der Waals surface area contributed by atoms with Crippen LogP contribution in [0.5, 0.6) is 5.75 Å². The predicted octanol–water partition coefficient (Wildman–Crippen LogP) is 2.89. The molecule has 1 aliphatic rings. The van der Waals surface area contributed by atoms with E-state index in [1.54, 1.807) is 19.5 Å². The number of fused-ring (bicyclic) bond motifs is 1. The average molecular weight is 417 g/mol. The number of hydrogen-bond donors (Lipinski definition) is 2. The number of likely N-dealkylation sites (tertiary alicyclic amines) is 1. The number of aromatic nitrogens is 2. The first-order chi connectivity index (χ1) is 15.2. The molecule has 0 bridgehead atoms. The van der Waals surface area contributed by atoms with Gasteiger partial charge in [0.2, 0.25) is 0 Å². The highest BCUT2D eigenvalue weighted by atomic mass is 16.5. The molecule has 3 aromatic rings. The number of anilines is 1. The van der Waals surface area contributed by atoms with E-state index in [1.165, 1.54) is 0 Å². The molecule has 3 heterocycles. The van der Waals surface area contributed by atoms with Crippen molar-refractivity contribution in [3.05, 3.63) is 59.5 Å². The van der Waals surface area contributed by atoms with E-state index in [2.05, 4.69) is 26.3 Å². The molecule has 7 nitrogen and oxygen atoms in total. The van der Waals surface area contributed by atoms with Gasteiger partial charge in [0.1, 0.15) is 11.8 Å². The molecule has 3 N–H and O–H groups in total. The molecule has 0 amide bonds. The summed E-state index contributed by atoms with van der Waals surface area (Å²) in [6, 6.07) is 12.4. The van der Waals surface area contributed by atoms with Gasteiger partial charge in [-0.2, -0.15) is 5.26 Å². The van der Waals surface area contributed by atoms with Crippen LogP contribution in [-0.2, 0) is 13.0 Å². The lowest BCUT2D eigenvalue weighted by atomic mass is 9.99. The second kappa shape index (κ2) is 9.73. The van der Waals surface area contributed by atoms with Crippen LogP contribution in [0.3, 0.4) is 0 Å². The van der Waals surface area contributed by atoms with Crippen LogP contribution in [0.15, 0.2) is 42.7 Å². The van der Waals surface area contributed by atoms with Gasteiger partial charge in [0.15, 0.2) is 0 Å². The van der Waals surface area contributed by atoms with Gasteiger partial charge in [-0.25, -0.2) is 0 Å². The van der Waals surface area contributed by atoms with Crippen LogP contribution in [0.25, 0.3) is 10.9 Å². The maximum atomic E-state index is 9.59. The van der Waals surface area contributed by atoms with Gasteiger partial charge in [-0.05, 0) is 68.2 Å². The number of nitrogens with two attached hydrogens (primary N) is 1. The van der Waals surface area contributed by atoms with Crippen molar-refractivity contribution in [2.24, 2.45) is 0 Å². The van der Waals surface area contributed by atoms with Crippen LogP contribution in [0.4, 0.5) is 5.69 Å². The summed E-state index contributed by atoms with van der Waals surface area (Å²) in [5.41, 5.74) is 10.2. The number of nitrogens with one attached hydrogen (secondary N) is 1. The fourth-order valence-corrected chi connectivity index (χ4v) is 4.19. The molecule has 2 aromatic heterocycles. The Hall–Kier alpha value is -3.21. The second-order valence-corrected chi connectivity index (χ2v) is 7.97.